The Morgan fingerprint density at radius 2 is 2.23 bits per heavy atom. The highest BCUT2D eigenvalue weighted by Crippen LogP contribution is 2.23. The Labute approximate surface area is 89.1 Å². The maximum Gasteiger partial charge on any atom is 0.137 e. The van der Waals surface area contributed by atoms with Crippen molar-refractivity contribution in [3.05, 3.63) is 33.1 Å². The van der Waals surface area contributed by atoms with E-state index in [0.717, 1.165) is 20.9 Å². The molecule has 0 saturated heterocycles. The number of benzene rings is 1. The molecule has 0 unspecified atom stereocenters. The van der Waals surface area contributed by atoms with E-state index in [-0.39, 0.29) is 0 Å². The maximum atomic E-state index is 5.11. The number of nitrogens with zero attached hydrogens (tertiary/aromatic N) is 1. The van der Waals surface area contributed by atoms with Gasteiger partial charge in [0.25, 0.3) is 0 Å². The molecule has 0 spiro atoms. The van der Waals surface area contributed by atoms with E-state index in [2.05, 4.69) is 25.9 Å². The first-order valence-corrected chi connectivity index (χ1v) is 5.03. The van der Waals surface area contributed by atoms with Crippen molar-refractivity contribution in [3.8, 4) is 0 Å². The quantitative estimate of drug-likeness (QED) is 0.731. The van der Waals surface area contributed by atoms with Crippen LogP contribution in [0.2, 0.25) is 0 Å². The van der Waals surface area contributed by atoms with E-state index >= 15 is 0 Å². The lowest BCUT2D eigenvalue weighted by atomic mass is 10.1. The fourth-order valence-corrected chi connectivity index (χ4v) is 1.83. The van der Waals surface area contributed by atoms with E-state index in [0.29, 0.717) is 4.64 Å². The van der Waals surface area contributed by atoms with Crippen molar-refractivity contribution in [3.63, 3.8) is 0 Å². The molecule has 1 N–H and O–H groups in total. The molecule has 0 saturated carbocycles. The number of aromatic amines is 1. The van der Waals surface area contributed by atoms with Crippen LogP contribution >= 0.6 is 28.1 Å². The molecule has 2 rings (SSSR count). The molecule has 0 fully saturated rings. The Bertz CT molecular complexity index is 518. The number of hydrogen-bond donors (Lipinski definition) is 1. The first-order valence-electron chi connectivity index (χ1n) is 3.82. The molecule has 4 heteroatoms. The predicted octanol–water partition coefficient (Wildman–Crippen LogP) is 3.36. The Morgan fingerprint density at radius 3 is 3.00 bits per heavy atom. The summed E-state index contributed by atoms with van der Waals surface area (Å²) in [6, 6.07) is 3.96. The molecule has 66 valence electrons. The van der Waals surface area contributed by atoms with E-state index in [1.807, 2.05) is 19.1 Å². The van der Waals surface area contributed by atoms with Gasteiger partial charge in [-0.05, 0) is 24.6 Å². The minimum absolute atomic E-state index is 0.643. The second kappa shape index (κ2) is 3.20. The van der Waals surface area contributed by atoms with Gasteiger partial charge in [-0.3, -0.25) is 0 Å². The fourth-order valence-electron chi connectivity index (χ4n) is 1.28. The minimum Gasteiger partial charge on any atom is -0.346 e. The molecule has 13 heavy (non-hydrogen) atoms. The van der Waals surface area contributed by atoms with Gasteiger partial charge in [0, 0.05) is 9.86 Å². The molecule has 0 amide bonds. The smallest absolute Gasteiger partial charge is 0.137 e. The predicted molar refractivity (Wildman–Crippen MR) is 59.4 cm³/mol. The zero-order valence-electron chi connectivity index (χ0n) is 6.97. The van der Waals surface area contributed by atoms with Gasteiger partial charge in [-0.25, -0.2) is 4.98 Å². The van der Waals surface area contributed by atoms with Crippen LogP contribution in [0.15, 0.2) is 22.9 Å². The van der Waals surface area contributed by atoms with Gasteiger partial charge in [0.1, 0.15) is 4.64 Å². The van der Waals surface area contributed by atoms with Crippen LogP contribution in [0.1, 0.15) is 5.56 Å². The third-order valence-electron chi connectivity index (χ3n) is 2.02. The molecule has 2 nitrogen and oxygen atoms in total. The van der Waals surface area contributed by atoms with Gasteiger partial charge in [-0.1, -0.05) is 28.1 Å². The van der Waals surface area contributed by atoms with Crippen molar-refractivity contribution >= 4 is 39.1 Å². The Morgan fingerprint density at radius 1 is 1.46 bits per heavy atom. The molecule has 0 aliphatic heterocycles. The van der Waals surface area contributed by atoms with E-state index in [9.17, 15) is 0 Å². The van der Waals surface area contributed by atoms with Gasteiger partial charge in [0.15, 0.2) is 0 Å². The first kappa shape index (κ1) is 8.84. The maximum absolute atomic E-state index is 5.11. The zero-order chi connectivity index (χ0) is 9.42. The summed E-state index contributed by atoms with van der Waals surface area (Å²) < 4.78 is 1.72. The average Bonchev–Trinajstić information content (AvgIpc) is 2.12. The summed E-state index contributed by atoms with van der Waals surface area (Å²) in [6.07, 6.45) is 1.63. The van der Waals surface area contributed by atoms with Gasteiger partial charge < -0.3 is 4.98 Å². The number of hydrogen-bond acceptors (Lipinski definition) is 2. The minimum atomic E-state index is 0.643. The second-order valence-corrected chi connectivity index (χ2v) is 4.04. The van der Waals surface area contributed by atoms with Crippen molar-refractivity contribution in [1.29, 1.82) is 0 Å². The summed E-state index contributed by atoms with van der Waals surface area (Å²) >= 11 is 8.58. The number of H-pyrrole nitrogens is 1. The van der Waals surface area contributed by atoms with E-state index < -0.39 is 0 Å². The summed E-state index contributed by atoms with van der Waals surface area (Å²) in [4.78, 5) is 7.12. The molecular weight excluding hydrogens is 248 g/mol. The normalized spacial score (nSPS) is 10.6. The SMILES string of the molecule is Cc1c(Br)ccc2c(=S)nc[nH]c12. The number of halogens is 1. The fraction of sp³-hybridized carbons (Fsp3) is 0.111. The highest BCUT2D eigenvalue weighted by atomic mass is 79.9. The van der Waals surface area contributed by atoms with Gasteiger partial charge in [0.2, 0.25) is 0 Å². The third kappa shape index (κ3) is 1.40. The van der Waals surface area contributed by atoms with Crippen LogP contribution in [0.3, 0.4) is 0 Å². The number of rotatable bonds is 0. The standard InChI is InChI=1S/C9H7BrN2S/c1-5-7(10)3-2-6-8(5)11-4-12-9(6)13/h2-4H,1H3,(H,11,12,13). The van der Waals surface area contributed by atoms with Crippen LogP contribution in [0.5, 0.6) is 0 Å². The average molecular weight is 255 g/mol. The molecule has 2 aromatic rings. The van der Waals surface area contributed by atoms with Gasteiger partial charge in [-0.2, -0.15) is 0 Å². The van der Waals surface area contributed by atoms with Crippen molar-refractivity contribution in [2.75, 3.05) is 0 Å². The van der Waals surface area contributed by atoms with Crippen molar-refractivity contribution in [1.82, 2.24) is 9.97 Å². The zero-order valence-corrected chi connectivity index (χ0v) is 9.37. The Balaban J connectivity index is 3.03. The highest BCUT2D eigenvalue weighted by Gasteiger charge is 2.02. The van der Waals surface area contributed by atoms with Crippen LogP contribution in [0.25, 0.3) is 10.9 Å². The number of aromatic nitrogens is 2. The van der Waals surface area contributed by atoms with Crippen LogP contribution in [0.4, 0.5) is 0 Å². The van der Waals surface area contributed by atoms with E-state index in [4.69, 9.17) is 12.2 Å². The van der Waals surface area contributed by atoms with Crippen LogP contribution < -0.4 is 0 Å². The van der Waals surface area contributed by atoms with Gasteiger partial charge in [-0.15, -0.1) is 0 Å². The molecule has 0 radical (unpaired) electrons. The molecule has 0 bridgehead atoms. The third-order valence-corrected chi connectivity index (χ3v) is 3.20. The summed E-state index contributed by atoms with van der Waals surface area (Å²) in [5, 5.41) is 0.998. The van der Waals surface area contributed by atoms with Crippen LogP contribution in [-0.4, -0.2) is 9.97 Å². The molecule has 0 aliphatic rings. The monoisotopic (exact) mass is 254 g/mol. The topological polar surface area (TPSA) is 28.7 Å². The molecule has 1 aromatic heterocycles. The summed E-state index contributed by atoms with van der Waals surface area (Å²) in [6.45, 7) is 2.04. The van der Waals surface area contributed by atoms with E-state index in [1.54, 1.807) is 6.33 Å². The van der Waals surface area contributed by atoms with Crippen LogP contribution in [-0.2, 0) is 0 Å². The largest absolute Gasteiger partial charge is 0.346 e. The lowest BCUT2D eigenvalue weighted by Crippen LogP contribution is -1.87. The second-order valence-electron chi connectivity index (χ2n) is 2.80. The molecule has 0 atom stereocenters. The first-order chi connectivity index (χ1) is 6.20. The van der Waals surface area contributed by atoms with E-state index in [1.165, 1.54) is 0 Å². The molecule has 0 aliphatic carbocycles. The Hall–Kier alpha value is -0.740. The molecule has 1 aromatic carbocycles. The Kier molecular flexibility index (Phi) is 2.17. The summed E-state index contributed by atoms with van der Waals surface area (Å²) in [7, 11) is 0. The molecule has 1 heterocycles. The summed E-state index contributed by atoms with van der Waals surface area (Å²) in [5.41, 5.74) is 2.21. The lowest BCUT2D eigenvalue weighted by Gasteiger charge is -2.03. The van der Waals surface area contributed by atoms with Gasteiger partial charge in [0.05, 0.1) is 11.8 Å². The number of aryl methyl sites for hydroxylation is 1. The number of fused-ring (bicyclic) bond motifs is 1. The van der Waals surface area contributed by atoms with Gasteiger partial charge >= 0.3 is 0 Å². The lowest BCUT2D eigenvalue weighted by molar-refractivity contribution is 1.19. The van der Waals surface area contributed by atoms with Crippen molar-refractivity contribution in [2.45, 2.75) is 6.92 Å². The van der Waals surface area contributed by atoms with Crippen molar-refractivity contribution < 1.29 is 0 Å². The van der Waals surface area contributed by atoms with Crippen LogP contribution in [0, 0.1) is 11.6 Å². The highest BCUT2D eigenvalue weighted by molar-refractivity contribution is 9.10. The summed E-state index contributed by atoms with van der Waals surface area (Å²) in [5.74, 6) is 0. The van der Waals surface area contributed by atoms with Crippen molar-refractivity contribution in [2.24, 2.45) is 0 Å². The molecular formula is C9H7BrN2S. The number of nitrogens with one attached hydrogen (secondary N) is 1.